The standard InChI is InChI=1S/C24H43N3O5/c1-5-30-21(28)19-9-11-20(12-10-19)31-24(26-15-6-7-16-26,22(29)32-23(2,3)4)27-17-8-13-25-14-18-27/h19-20,25H,5-18H2,1-4H3/t19-,20-,24?. The Morgan fingerprint density at radius 1 is 0.906 bits per heavy atom. The van der Waals surface area contributed by atoms with E-state index in [0.717, 1.165) is 84.2 Å². The van der Waals surface area contributed by atoms with Gasteiger partial charge in [0.2, 0.25) is 0 Å². The molecule has 2 heterocycles. The van der Waals surface area contributed by atoms with Gasteiger partial charge in [0.15, 0.2) is 0 Å². The molecule has 3 fully saturated rings. The number of ether oxygens (including phenoxy) is 3. The molecule has 1 saturated carbocycles. The SMILES string of the molecule is CCOC(=O)[C@H]1CC[C@H](OC(C(=O)OC(C)(C)C)(N2CCCC2)N2CCCNCC2)CC1. The highest BCUT2D eigenvalue weighted by Crippen LogP contribution is 2.36. The van der Waals surface area contributed by atoms with Gasteiger partial charge in [-0.25, -0.2) is 4.79 Å². The Morgan fingerprint density at radius 2 is 1.53 bits per heavy atom. The molecule has 2 saturated heterocycles. The fraction of sp³-hybridized carbons (Fsp3) is 0.917. The third-order valence-electron chi connectivity index (χ3n) is 6.59. The number of hydrogen-bond donors (Lipinski definition) is 1. The van der Waals surface area contributed by atoms with Gasteiger partial charge >= 0.3 is 11.9 Å². The largest absolute Gasteiger partial charge is 0.466 e. The third-order valence-corrected chi connectivity index (χ3v) is 6.59. The smallest absolute Gasteiger partial charge is 0.371 e. The van der Waals surface area contributed by atoms with Crippen molar-refractivity contribution in [2.75, 3.05) is 45.9 Å². The van der Waals surface area contributed by atoms with Crippen molar-refractivity contribution >= 4 is 11.9 Å². The molecule has 0 spiro atoms. The van der Waals surface area contributed by atoms with Crippen LogP contribution in [0.15, 0.2) is 0 Å². The van der Waals surface area contributed by atoms with Crippen LogP contribution in [0.4, 0.5) is 0 Å². The molecule has 3 aliphatic rings. The van der Waals surface area contributed by atoms with E-state index in [1.165, 1.54) is 0 Å². The van der Waals surface area contributed by atoms with Crippen molar-refractivity contribution in [3.05, 3.63) is 0 Å². The predicted octanol–water partition coefficient (Wildman–Crippen LogP) is 2.51. The highest BCUT2D eigenvalue weighted by atomic mass is 16.6. The van der Waals surface area contributed by atoms with Crippen molar-refractivity contribution in [2.45, 2.75) is 90.2 Å². The van der Waals surface area contributed by atoms with Crippen molar-refractivity contribution in [1.82, 2.24) is 15.1 Å². The lowest BCUT2D eigenvalue weighted by Crippen LogP contribution is -2.69. The maximum absolute atomic E-state index is 13.9. The summed E-state index contributed by atoms with van der Waals surface area (Å²) in [5.74, 6) is -1.69. The van der Waals surface area contributed by atoms with Crippen LogP contribution in [0.2, 0.25) is 0 Å². The van der Waals surface area contributed by atoms with E-state index in [0.29, 0.717) is 6.61 Å². The first kappa shape index (κ1) is 25.4. The summed E-state index contributed by atoms with van der Waals surface area (Å²) in [7, 11) is 0. The summed E-state index contributed by atoms with van der Waals surface area (Å²) in [6.45, 7) is 12.9. The maximum atomic E-state index is 13.9. The predicted molar refractivity (Wildman–Crippen MR) is 122 cm³/mol. The zero-order valence-electron chi connectivity index (χ0n) is 20.5. The normalized spacial score (nSPS) is 28.0. The Balaban J connectivity index is 1.85. The van der Waals surface area contributed by atoms with Crippen molar-refractivity contribution < 1.29 is 23.8 Å². The van der Waals surface area contributed by atoms with Crippen molar-refractivity contribution in [1.29, 1.82) is 0 Å². The lowest BCUT2D eigenvalue weighted by atomic mass is 9.87. The zero-order valence-corrected chi connectivity index (χ0v) is 20.5. The number of carbonyl (C=O) groups is 2. The average Bonchev–Trinajstić information content (AvgIpc) is 3.14. The van der Waals surface area contributed by atoms with Gasteiger partial charge in [-0.1, -0.05) is 0 Å². The summed E-state index contributed by atoms with van der Waals surface area (Å²) in [5.41, 5.74) is -0.600. The van der Waals surface area contributed by atoms with E-state index in [4.69, 9.17) is 14.2 Å². The van der Waals surface area contributed by atoms with Gasteiger partial charge in [0.25, 0.3) is 5.85 Å². The number of nitrogens with one attached hydrogen (secondary N) is 1. The van der Waals surface area contributed by atoms with Crippen molar-refractivity contribution in [3.8, 4) is 0 Å². The molecule has 0 radical (unpaired) electrons. The molecule has 3 rings (SSSR count). The van der Waals surface area contributed by atoms with E-state index in [9.17, 15) is 9.59 Å². The van der Waals surface area contributed by atoms with E-state index in [2.05, 4.69) is 15.1 Å². The topological polar surface area (TPSA) is 80.3 Å². The molecule has 1 atom stereocenters. The summed E-state index contributed by atoms with van der Waals surface area (Å²) in [6.07, 6.45) is 5.92. The molecule has 32 heavy (non-hydrogen) atoms. The molecule has 8 nitrogen and oxygen atoms in total. The van der Waals surface area contributed by atoms with Gasteiger partial charge in [-0.15, -0.1) is 0 Å². The van der Waals surface area contributed by atoms with Crippen LogP contribution in [0.1, 0.15) is 72.6 Å². The molecule has 1 aliphatic carbocycles. The molecule has 0 aromatic carbocycles. The Hall–Kier alpha value is -1.22. The molecular formula is C24H43N3O5. The van der Waals surface area contributed by atoms with Crippen molar-refractivity contribution in [2.24, 2.45) is 5.92 Å². The van der Waals surface area contributed by atoms with Crippen molar-refractivity contribution in [3.63, 3.8) is 0 Å². The van der Waals surface area contributed by atoms with Gasteiger partial charge in [-0.3, -0.25) is 14.6 Å². The number of likely N-dealkylation sites (tertiary alicyclic amines) is 1. The fourth-order valence-electron chi connectivity index (χ4n) is 5.08. The van der Waals surface area contributed by atoms with E-state index in [1.807, 2.05) is 27.7 Å². The molecule has 184 valence electrons. The summed E-state index contributed by atoms with van der Waals surface area (Å²) >= 11 is 0. The summed E-state index contributed by atoms with van der Waals surface area (Å²) in [4.78, 5) is 30.5. The van der Waals surface area contributed by atoms with E-state index >= 15 is 0 Å². The molecular weight excluding hydrogens is 410 g/mol. The number of esters is 2. The third kappa shape index (κ3) is 6.22. The second-order valence-electron chi connectivity index (χ2n) is 10.2. The molecule has 1 unspecified atom stereocenters. The quantitative estimate of drug-likeness (QED) is 0.589. The summed E-state index contributed by atoms with van der Waals surface area (Å²) < 4.78 is 18.1. The first-order chi connectivity index (χ1) is 15.3. The minimum Gasteiger partial charge on any atom is -0.466 e. The van der Waals surface area contributed by atoms with Gasteiger partial charge in [0, 0.05) is 32.7 Å². The van der Waals surface area contributed by atoms with E-state index in [-0.39, 0.29) is 24.0 Å². The zero-order chi connectivity index (χ0) is 23.2. The van der Waals surface area contributed by atoms with Crippen LogP contribution < -0.4 is 5.32 Å². The monoisotopic (exact) mass is 453 g/mol. The molecule has 0 bridgehead atoms. The Kier molecular flexibility index (Phi) is 8.95. The number of rotatable bonds is 7. The fourth-order valence-corrected chi connectivity index (χ4v) is 5.08. The second kappa shape index (κ2) is 11.3. The van der Waals surface area contributed by atoms with Crippen LogP contribution in [0.25, 0.3) is 0 Å². The van der Waals surface area contributed by atoms with Gasteiger partial charge in [0.05, 0.1) is 18.6 Å². The lowest BCUT2D eigenvalue weighted by Gasteiger charge is -2.49. The summed E-state index contributed by atoms with van der Waals surface area (Å²) in [6, 6.07) is 0. The highest BCUT2D eigenvalue weighted by molar-refractivity contribution is 5.79. The summed E-state index contributed by atoms with van der Waals surface area (Å²) in [5, 5.41) is 3.44. The van der Waals surface area contributed by atoms with Crippen LogP contribution >= 0.6 is 0 Å². The van der Waals surface area contributed by atoms with Crippen LogP contribution in [-0.4, -0.2) is 85.2 Å². The van der Waals surface area contributed by atoms with Crippen LogP contribution in [0.3, 0.4) is 0 Å². The first-order valence-corrected chi connectivity index (χ1v) is 12.5. The van der Waals surface area contributed by atoms with Crippen LogP contribution in [-0.2, 0) is 23.8 Å². The van der Waals surface area contributed by atoms with Gasteiger partial charge in [-0.2, -0.15) is 0 Å². The molecule has 0 aromatic rings. The second-order valence-corrected chi connectivity index (χ2v) is 10.2. The van der Waals surface area contributed by atoms with E-state index < -0.39 is 11.4 Å². The van der Waals surface area contributed by atoms with Gasteiger partial charge in [0.1, 0.15) is 5.60 Å². The first-order valence-electron chi connectivity index (χ1n) is 12.5. The highest BCUT2D eigenvalue weighted by Gasteiger charge is 2.55. The number of nitrogens with zero attached hydrogens (tertiary/aromatic N) is 2. The Morgan fingerprint density at radius 3 is 2.16 bits per heavy atom. The minimum atomic E-state index is -1.21. The minimum absolute atomic E-state index is 0.0695. The van der Waals surface area contributed by atoms with Crippen LogP contribution in [0, 0.1) is 5.92 Å². The molecule has 2 aliphatic heterocycles. The average molecular weight is 454 g/mol. The number of hydrogen-bond acceptors (Lipinski definition) is 8. The number of carbonyl (C=O) groups excluding carboxylic acids is 2. The Bertz CT molecular complexity index is 616. The molecule has 0 amide bonds. The van der Waals surface area contributed by atoms with Crippen LogP contribution in [0.5, 0.6) is 0 Å². The van der Waals surface area contributed by atoms with Gasteiger partial charge in [-0.05, 0) is 79.2 Å². The maximum Gasteiger partial charge on any atom is 0.371 e. The Labute approximate surface area is 193 Å². The molecule has 0 aromatic heterocycles. The van der Waals surface area contributed by atoms with Gasteiger partial charge < -0.3 is 19.5 Å². The van der Waals surface area contributed by atoms with E-state index in [1.54, 1.807) is 0 Å². The lowest BCUT2D eigenvalue weighted by molar-refractivity contribution is -0.277. The molecule has 8 heteroatoms. The molecule has 1 N–H and O–H groups in total.